The van der Waals surface area contributed by atoms with E-state index in [-0.39, 0.29) is 29.5 Å². The number of nitro groups is 1. The van der Waals surface area contributed by atoms with Gasteiger partial charge in [-0.05, 0) is 18.2 Å². The Bertz CT molecular complexity index is 933. The molecule has 0 spiro atoms. The molecule has 27 heavy (non-hydrogen) atoms. The van der Waals surface area contributed by atoms with E-state index in [0.717, 1.165) is 11.0 Å². The fraction of sp³-hybridized carbons (Fsp3) is 0.118. The van der Waals surface area contributed by atoms with Crippen LogP contribution in [0.2, 0.25) is 0 Å². The van der Waals surface area contributed by atoms with E-state index in [1.54, 1.807) is 12.1 Å². The van der Waals surface area contributed by atoms with Crippen LogP contribution in [-0.4, -0.2) is 34.9 Å². The van der Waals surface area contributed by atoms with E-state index in [2.05, 4.69) is 10.9 Å². The van der Waals surface area contributed by atoms with Gasteiger partial charge in [-0.3, -0.25) is 35.3 Å². The van der Waals surface area contributed by atoms with Crippen molar-refractivity contribution in [1.82, 2.24) is 10.9 Å². The molecule has 1 heterocycles. The van der Waals surface area contributed by atoms with E-state index in [0.29, 0.717) is 5.69 Å². The summed E-state index contributed by atoms with van der Waals surface area (Å²) in [7, 11) is 0. The summed E-state index contributed by atoms with van der Waals surface area (Å²) >= 11 is 1.40. The monoisotopic (exact) mass is 386 g/mol. The Labute approximate surface area is 157 Å². The highest BCUT2D eigenvalue weighted by Crippen LogP contribution is 2.34. The fourth-order valence-electron chi connectivity index (χ4n) is 2.47. The first-order valence-electron chi connectivity index (χ1n) is 7.81. The van der Waals surface area contributed by atoms with Gasteiger partial charge in [0.05, 0.1) is 16.4 Å². The van der Waals surface area contributed by atoms with Crippen LogP contribution in [0.5, 0.6) is 0 Å². The van der Waals surface area contributed by atoms with Crippen molar-refractivity contribution in [3.63, 3.8) is 0 Å². The van der Waals surface area contributed by atoms with Crippen molar-refractivity contribution in [2.45, 2.75) is 4.90 Å². The maximum absolute atomic E-state index is 12.1. The van der Waals surface area contributed by atoms with Crippen molar-refractivity contribution in [3.05, 3.63) is 64.2 Å². The largest absolute Gasteiger partial charge is 0.301 e. The van der Waals surface area contributed by atoms with Crippen molar-refractivity contribution in [2.24, 2.45) is 0 Å². The summed E-state index contributed by atoms with van der Waals surface area (Å²) in [5.74, 6) is -1.28. The van der Waals surface area contributed by atoms with Crippen LogP contribution in [0.25, 0.3) is 0 Å². The van der Waals surface area contributed by atoms with E-state index in [1.807, 2.05) is 12.1 Å². The molecule has 0 aliphatic carbocycles. The van der Waals surface area contributed by atoms with Crippen molar-refractivity contribution in [2.75, 3.05) is 17.2 Å². The zero-order chi connectivity index (χ0) is 19.4. The number of hydrogen-bond acceptors (Lipinski definition) is 6. The molecule has 1 aliphatic heterocycles. The third-order valence-electron chi connectivity index (χ3n) is 3.74. The number of amides is 3. The number of hydrazine groups is 1. The molecule has 1 aliphatic rings. The van der Waals surface area contributed by atoms with Gasteiger partial charge in [0.25, 0.3) is 17.5 Å². The number of para-hydroxylation sites is 1. The summed E-state index contributed by atoms with van der Waals surface area (Å²) in [6.07, 6.45) is 0. The summed E-state index contributed by atoms with van der Waals surface area (Å²) in [6.45, 7) is -0.258. The molecule has 2 N–H and O–H groups in total. The van der Waals surface area contributed by atoms with Crippen LogP contribution < -0.4 is 15.8 Å². The van der Waals surface area contributed by atoms with E-state index < -0.39 is 16.7 Å². The lowest BCUT2D eigenvalue weighted by Crippen LogP contribution is -2.48. The summed E-state index contributed by atoms with van der Waals surface area (Å²) < 4.78 is 0. The lowest BCUT2D eigenvalue weighted by atomic mass is 10.2. The van der Waals surface area contributed by atoms with Gasteiger partial charge in [-0.25, -0.2) is 0 Å². The molecule has 0 unspecified atom stereocenters. The Morgan fingerprint density at radius 1 is 1.15 bits per heavy atom. The summed E-state index contributed by atoms with van der Waals surface area (Å²) in [6, 6.07) is 12.3. The van der Waals surface area contributed by atoms with Gasteiger partial charge < -0.3 is 4.90 Å². The number of carbonyl (C=O) groups excluding carboxylic acids is 3. The van der Waals surface area contributed by atoms with E-state index in [1.165, 1.54) is 34.9 Å². The molecule has 0 saturated carbocycles. The SMILES string of the molecule is O=C(CN1C(=O)CSc2ccccc21)NNC(=O)c1cccc([N+](=O)[O-])c1. The number of hydrogen-bond donors (Lipinski definition) is 2. The van der Waals surface area contributed by atoms with Gasteiger partial charge in [-0.2, -0.15) is 0 Å². The summed E-state index contributed by atoms with van der Waals surface area (Å²) in [5, 5.41) is 10.8. The molecule has 3 rings (SSSR count). The highest BCUT2D eigenvalue weighted by molar-refractivity contribution is 8.00. The number of nitrogens with one attached hydrogen (secondary N) is 2. The molecule has 3 amide bonds. The third kappa shape index (κ3) is 4.23. The van der Waals surface area contributed by atoms with E-state index in [4.69, 9.17) is 0 Å². The van der Waals surface area contributed by atoms with Crippen molar-refractivity contribution >= 4 is 40.9 Å². The van der Waals surface area contributed by atoms with Gasteiger partial charge in [0.2, 0.25) is 5.91 Å². The highest BCUT2D eigenvalue weighted by atomic mass is 32.2. The molecular formula is C17H14N4O5S. The Kier molecular flexibility index (Phi) is 5.36. The zero-order valence-corrected chi connectivity index (χ0v) is 14.7. The van der Waals surface area contributed by atoms with Crippen LogP contribution in [0.3, 0.4) is 0 Å². The number of thioether (sulfide) groups is 1. The molecule has 138 valence electrons. The minimum absolute atomic E-state index is 0.0281. The number of nitro benzene ring substituents is 1. The molecular weight excluding hydrogens is 372 g/mol. The number of rotatable bonds is 4. The van der Waals surface area contributed by atoms with Crippen LogP contribution in [-0.2, 0) is 9.59 Å². The second-order valence-electron chi connectivity index (χ2n) is 5.55. The second-order valence-corrected chi connectivity index (χ2v) is 6.56. The molecule has 10 heteroatoms. The number of anilines is 1. The number of benzene rings is 2. The van der Waals surface area contributed by atoms with Crippen molar-refractivity contribution < 1.29 is 19.3 Å². The van der Waals surface area contributed by atoms with Crippen LogP contribution in [0.4, 0.5) is 11.4 Å². The minimum Gasteiger partial charge on any atom is -0.301 e. The van der Waals surface area contributed by atoms with Crippen molar-refractivity contribution in [1.29, 1.82) is 0 Å². The van der Waals surface area contributed by atoms with Gasteiger partial charge in [-0.1, -0.05) is 18.2 Å². The van der Waals surface area contributed by atoms with Crippen LogP contribution in [0.15, 0.2) is 53.4 Å². The fourth-order valence-corrected chi connectivity index (χ4v) is 3.41. The smallest absolute Gasteiger partial charge is 0.270 e. The van der Waals surface area contributed by atoms with Crippen LogP contribution in [0.1, 0.15) is 10.4 Å². The molecule has 2 aromatic rings. The Hall–Kier alpha value is -3.40. The van der Waals surface area contributed by atoms with Crippen LogP contribution in [0, 0.1) is 10.1 Å². The molecule has 0 bridgehead atoms. The molecule has 9 nitrogen and oxygen atoms in total. The molecule has 0 atom stereocenters. The standard InChI is InChI=1S/C17H14N4O5S/c22-15(9-20-13-6-1-2-7-14(13)27-10-16(20)23)18-19-17(24)11-4-3-5-12(8-11)21(25)26/h1-8H,9-10H2,(H,18,22)(H,19,24). The maximum atomic E-state index is 12.1. The second kappa shape index (κ2) is 7.87. The van der Waals surface area contributed by atoms with Crippen molar-refractivity contribution in [3.8, 4) is 0 Å². The van der Waals surface area contributed by atoms with E-state index in [9.17, 15) is 24.5 Å². The number of nitrogens with zero attached hydrogens (tertiary/aromatic N) is 2. The normalized spacial score (nSPS) is 12.9. The Morgan fingerprint density at radius 3 is 2.70 bits per heavy atom. The molecule has 2 aromatic carbocycles. The first kappa shape index (κ1) is 18.4. The third-order valence-corrected chi connectivity index (χ3v) is 4.79. The van der Waals surface area contributed by atoms with Gasteiger partial charge in [0.1, 0.15) is 6.54 Å². The minimum atomic E-state index is -0.701. The Balaban J connectivity index is 1.62. The topological polar surface area (TPSA) is 122 Å². The summed E-state index contributed by atoms with van der Waals surface area (Å²) in [4.78, 5) is 48.7. The molecule has 0 radical (unpaired) electrons. The number of fused-ring (bicyclic) bond motifs is 1. The lowest BCUT2D eigenvalue weighted by molar-refractivity contribution is -0.384. The maximum Gasteiger partial charge on any atom is 0.270 e. The first-order valence-corrected chi connectivity index (χ1v) is 8.80. The first-order chi connectivity index (χ1) is 13.0. The van der Waals surface area contributed by atoms with Gasteiger partial charge in [0.15, 0.2) is 0 Å². The number of carbonyl (C=O) groups is 3. The molecule has 0 aromatic heterocycles. The average molecular weight is 386 g/mol. The van der Waals surface area contributed by atoms with Gasteiger partial charge in [0, 0.05) is 22.6 Å². The lowest BCUT2D eigenvalue weighted by Gasteiger charge is -2.28. The highest BCUT2D eigenvalue weighted by Gasteiger charge is 2.26. The van der Waals surface area contributed by atoms with E-state index >= 15 is 0 Å². The average Bonchev–Trinajstić information content (AvgIpc) is 2.68. The molecule has 0 fully saturated rings. The zero-order valence-electron chi connectivity index (χ0n) is 13.9. The summed E-state index contributed by atoms with van der Waals surface area (Å²) in [5.41, 5.74) is 4.84. The molecule has 0 saturated heterocycles. The quantitative estimate of drug-likeness (QED) is 0.607. The van der Waals surface area contributed by atoms with Gasteiger partial charge >= 0.3 is 0 Å². The predicted octanol–water partition coefficient (Wildman–Crippen LogP) is 1.49. The van der Waals surface area contributed by atoms with Crippen LogP contribution >= 0.6 is 11.8 Å². The number of non-ortho nitro benzene ring substituents is 1. The Morgan fingerprint density at radius 2 is 1.93 bits per heavy atom. The predicted molar refractivity (Wildman–Crippen MR) is 98.2 cm³/mol. The van der Waals surface area contributed by atoms with Gasteiger partial charge in [-0.15, -0.1) is 11.8 Å².